The van der Waals surface area contributed by atoms with Crippen molar-refractivity contribution in [3.8, 4) is 17.2 Å². The molecule has 0 aliphatic rings. The Morgan fingerprint density at radius 2 is 1.74 bits per heavy atom. The Hall–Kier alpha value is -3.73. The van der Waals surface area contributed by atoms with Gasteiger partial charge in [0, 0.05) is 6.54 Å². The Morgan fingerprint density at radius 3 is 2.54 bits per heavy atom. The van der Waals surface area contributed by atoms with Crippen molar-refractivity contribution in [1.29, 1.82) is 0 Å². The SMILES string of the molecule is C=CCc1ccc(OCc2nc3ccccc3n2CCCCOc2ccc(C)cc2C)c(OC)c1. The molecule has 1 heterocycles. The fourth-order valence-electron chi connectivity index (χ4n) is 4.27. The average molecular weight is 471 g/mol. The van der Waals surface area contributed by atoms with Gasteiger partial charge in [-0.15, -0.1) is 6.58 Å². The molecule has 0 aliphatic carbocycles. The molecule has 0 atom stereocenters. The molecular weight excluding hydrogens is 436 g/mol. The maximum atomic E-state index is 6.17. The van der Waals surface area contributed by atoms with Crippen LogP contribution in [0, 0.1) is 13.8 Å². The molecule has 4 rings (SSSR count). The summed E-state index contributed by atoms with van der Waals surface area (Å²) in [7, 11) is 1.66. The lowest BCUT2D eigenvalue weighted by Gasteiger charge is -2.14. The third-order valence-electron chi connectivity index (χ3n) is 6.06. The molecule has 0 bridgehead atoms. The van der Waals surface area contributed by atoms with Crippen LogP contribution in [0.15, 0.2) is 73.3 Å². The number of aromatic nitrogens is 2. The number of imidazole rings is 1. The highest BCUT2D eigenvalue weighted by Crippen LogP contribution is 2.29. The zero-order valence-corrected chi connectivity index (χ0v) is 20.9. The van der Waals surface area contributed by atoms with E-state index in [0.29, 0.717) is 19.0 Å². The van der Waals surface area contributed by atoms with Crippen molar-refractivity contribution in [3.05, 3.63) is 95.8 Å². The number of methoxy groups -OCH3 is 1. The van der Waals surface area contributed by atoms with Crippen molar-refractivity contribution >= 4 is 11.0 Å². The molecule has 0 unspecified atom stereocenters. The molecule has 4 aromatic rings. The monoisotopic (exact) mass is 470 g/mol. The first kappa shape index (κ1) is 24.4. The summed E-state index contributed by atoms with van der Waals surface area (Å²) in [5.74, 6) is 3.29. The largest absolute Gasteiger partial charge is 0.493 e. The van der Waals surface area contributed by atoms with Crippen molar-refractivity contribution in [2.75, 3.05) is 13.7 Å². The van der Waals surface area contributed by atoms with Crippen molar-refractivity contribution in [3.63, 3.8) is 0 Å². The number of fused-ring (bicyclic) bond motifs is 1. The molecule has 5 heteroatoms. The number of para-hydroxylation sites is 2. The third-order valence-corrected chi connectivity index (χ3v) is 6.06. The van der Waals surface area contributed by atoms with Crippen LogP contribution in [0.3, 0.4) is 0 Å². The summed E-state index contributed by atoms with van der Waals surface area (Å²) in [5.41, 5.74) is 5.67. The lowest BCUT2D eigenvalue weighted by molar-refractivity contribution is 0.269. The van der Waals surface area contributed by atoms with Gasteiger partial charge in [-0.2, -0.15) is 0 Å². The first-order chi connectivity index (χ1) is 17.1. The molecule has 0 amide bonds. The van der Waals surface area contributed by atoms with Gasteiger partial charge in [0.1, 0.15) is 18.2 Å². The van der Waals surface area contributed by atoms with E-state index < -0.39 is 0 Å². The molecule has 5 nitrogen and oxygen atoms in total. The molecule has 0 saturated heterocycles. The van der Waals surface area contributed by atoms with Crippen molar-refractivity contribution < 1.29 is 14.2 Å². The van der Waals surface area contributed by atoms with Crippen molar-refractivity contribution in [2.45, 2.75) is 46.3 Å². The highest BCUT2D eigenvalue weighted by Gasteiger charge is 2.13. The summed E-state index contributed by atoms with van der Waals surface area (Å²) in [4.78, 5) is 4.85. The Bertz CT molecular complexity index is 1290. The van der Waals surface area contributed by atoms with E-state index in [1.54, 1.807) is 7.11 Å². The standard InChI is InChI=1S/C30H34N2O3/c1-5-10-24-14-16-28(29(20-24)33-4)35-21-30-31-25-11-6-7-12-26(25)32(30)17-8-9-18-34-27-15-13-22(2)19-23(27)3/h5-7,11-16,19-20H,1,8-10,17-18,21H2,2-4H3. The second-order valence-electron chi connectivity index (χ2n) is 8.76. The van der Waals surface area contributed by atoms with E-state index in [0.717, 1.165) is 59.7 Å². The molecule has 182 valence electrons. The van der Waals surface area contributed by atoms with Gasteiger partial charge in [-0.3, -0.25) is 0 Å². The summed E-state index contributed by atoms with van der Waals surface area (Å²) < 4.78 is 20.0. The van der Waals surface area contributed by atoms with Gasteiger partial charge in [0.15, 0.2) is 11.5 Å². The zero-order valence-electron chi connectivity index (χ0n) is 20.9. The molecule has 0 fully saturated rings. The van der Waals surface area contributed by atoms with Crippen LogP contribution in [0.2, 0.25) is 0 Å². The normalized spacial score (nSPS) is 10.9. The molecule has 0 radical (unpaired) electrons. The van der Waals surface area contributed by atoms with E-state index in [1.165, 1.54) is 11.1 Å². The van der Waals surface area contributed by atoms with Crippen LogP contribution in [-0.4, -0.2) is 23.3 Å². The van der Waals surface area contributed by atoms with Gasteiger partial charge in [0.25, 0.3) is 0 Å². The first-order valence-corrected chi connectivity index (χ1v) is 12.1. The van der Waals surface area contributed by atoms with Gasteiger partial charge in [-0.1, -0.05) is 42.0 Å². The zero-order chi connectivity index (χ0) is 24.6. The summed E-state index contributed by atoms with van der Waals surface area (Å²) in [6.07, 6.45) is 4.61. The summed E-state index contributed by atoms with van der Waals surface area (Å²) in [6.45, 7) is 9.91. The van der Waals surface area contributed by atoms with Crippen LogP contribution >= 0.6 is 0 Å². The van der Waals surface area contributed by atoms with E-state index in [9.17, 15) is 0 Å². The topological polar surface area (TPSA) is 45.5 Å². The molecule has 3 aromatic carbocycles. The minimum absolute atomic E-state index is 0.366. The first-order valence-electron chi connectivity index (χ1n) is 12.1. The molecule has 35 heavy (non-hydrogen) atoms. The number of nitrogens with zero attached hydrogens (tertiary/aromatic N) is 2. The molecule has 0 aliphatic heterocycles. The van der Waals surface area contributed by atoms with Gasteiger partial charge in [-0.25, -0.2) is 4.98 Å². The second kappa shape index (κ2) is 11.6. The van der Waals surface area contributed by atoms with E-state index in [-0.39, 0.29) is 0 Å². The van der Waals surface area contributed by atoms with E-state index in [1.807, 2.05) is 36.4 Å². The minimum atomic E-state index is 0.366. The Labute approximate surface area is 208 Å². The fourth-order valence-corrected chi connectivity index (χ4v) is 4.27. The van der Waals surface area contributed by atoms with Gasteiger partial charge in [-0.05, 0) is 74.6 Å². The second-order valence-corrected chi connectivity index (χ2v) is 8.76. The fraction of sp³-hybridized carbons (Fsp3) is 0.300. The Balaban J connectivity index is 1.41. The maximum absolute atomic E-state index is 6.17. The highest BCUT2D eigenvalue weighted by atomic mass is 16.5. The van der Waals surface area contributed by atoms with Crippen LogP contribution in [0.4, 0.5) is 0 Å². The third kappa shape index (κ3) is 6.04. The number of aryl methyl sites for hydroxylation is 3. The predicted octanol–water partition coefficient (Wildman–Crippen LogP) is 6.83. The van der Waals surface area contributed by atoms with Gasteiger partial charge in [0.2, 0.25) is 0 Å². The predicted molar refractivity (Wildman–Crippen MR) is 142 cm³/mol. The maximum Gasteiger partial charge on any atom is 0.161 e. The number of unbranched alkanes of at least 4 members (excludes halogenated alkanes) is 1. The number of benzene rings is 3. The van der Waals surface area contributed by atoms with Crippen LogP contribution in [-0.2, 0) is 19.6 Å². The summed E-state index contributed by atoms with van der Waals surface area (Å²) in [5, 5.41) is 0. The number of allylic oxidation sites excluding steroid dienone is 1. The lowest BCUT2D eigenvalue weighted by Crippen LogP contribution is -2.09. The Morgan fingerprint density at radius 1 is 0.914 bits per heavy atom. The molecular formula is C30H34N2O3. The molecule has 0 N–H and O–H groups in total. The van der Waals surface area contributed by atoms with Crippen LogP contribution < -0.4 is 14.2 Å². The number of hydrogen-bond donors (Lipinski definition) is 0. The summed E-state index contributed by atoms with van der Waals surface area (Å²) >= 11 is 0. The highest BCUT2D eigenvalue weighted by molar-refractivity contribution is 5.75. The number of ether oxygens (including phenoxy) is 3. The van der Waals surface area contributed by atoms with Gasteiger partial charge >= 0.3 is 0 Å². The van der Waals surface area contributed by atoms with Crippen LogP contribution in [0.1, 0.15) is 35.4 Å². The molecule has 1 aromatic heterocycles. The molecule has 0 spiro atoms. The quantitative estimate of drug-likeness (QED) is 0.168. The summed E-state index contributed by atoms with van der Waals surface area (Å²) in [6, 6.07) is 20.5. The minimum Gasteiger partial charge on any atom is -0.493 e. The van der Waals surface area contributed by atoms with Gasteiger partial charge < -0.3 is 18.8 Å². The lowest BCUT2D eigenvalue weighted by atomic mass is 10.1. The molecule has 0 saturated carbocycles. The van der Waals surface area contributed by atoms with Crippen molar-refractivity contribution in [1.82, 2.24) is 9.55 Å². The van der Waals surface area contributed by atoms with Crippen LogP contribution in [0.25, 0.3) is 11.0 Å². The van der Waals surface area contributed by atoms with E-state index in [2.05, 4.69) is 55.3 Å². The van der Waals surface area contributed by atoms with Crippen molar-refractivity contribution in [2.24, 2.45) is 0 Å². The smallest absolute Gasteiger partial charge is 0.161 e. The van der Waals surface area contributed by atoms with Gasteiger partial charge in [0.05, 0.1) is 24.8 Å². The number of rotatable bonds is 12. The average Bonchev–Trinajstić information content (AvgIpc) is 3.21. The van der Waals surface area contributed by atoms with Crippen LogP contribution in [0.5, 0.6) is 17.2 Å². The Kier molecular flexibility index (Phi) is 8.09. The van der Waals surface area contributed by atoms with E-state index in [4.69, 9.17) is 19.2 Å². The van der Waals surface area contributed by atoms with E-state index >= 15 is 0 Å². The number of hydrogen-bond acceptors (Lipinski definition) is 4.